The molecule has 0 amide bonds. The van der Waals surface area contributed by atoms with Crippen molar-refractivity contribution >= 4 is 17.9 Å². The van der Waals surface area contributed by atoms with Crippen molar-refractivity contribution in [1.82, 2.24) is 9.55 Å². The topological polar surface area (TPSA) is 34.9 Å². The van der Waals surface area contributed by atoms with Crippen LogP contribution in [0, 0.1) is 5.82 Å². The molecule has 1 aromatic carbocycles. The van der Waals surface area contributed by atoms with Crippen molar-refractivity contribution in [3.05, 3.63) is 52.8 Å². The van der Waals surface area contributed by atoms with Crippen LogP contribution in [0.25, 0.3) is 0 Å². The highest BCUT2D eigenvalue weighted by atomic mass is 35.5. The first-order chi connectivity index (χ1) is 7.70. The van der Waals surface area contributed by atoms with Gasteiger partial charge in [0.1, 0.15) is 5.82 Å². The molecule has 1 aromatic heterocycles. The average molecular weight is 239 g/mol. The summed E-state index contributed by atoms with van der Waals surface area (Å²) in [6.45, 7) is 0.396. The van der Waals surface area contributed by atoms with Gasteiger partial charge in [-0.15, -0.1) is 0 Å². The highest BCUT2D eigenvalue weighted by molar-refractivity contribution is 6.31. The Morgan fingerprint density at radius 3 is 3.00 bits per heavy atom. The largest absolute Gasteiger partial charge is 0.324 e. The van der Waals surface area contributed by atoms with Gasteiger partial charge in [-0.25, -0.2) is 9.37 Å². The molecule has 3 nitrogen and oxygen atoms in total. The van der Waals surface area contributed by atoms with E-state index < -0.39 is 0 Å². The Balaban J connectivity index is 2.30. The number of carbonyl (C=O) groups excluding carboxylic acids is 1. The number of aldehydes is 1. The van der Waals surface area contributed by atoms with E-state index >= 15 is 0 Å². The first kappa shape index (κ1) is 10.8. The third-order valence-electron chi connectivity index (χ3n) is 2.21. The summed E-state index contributed by atoms with van der Waals surface area (Å²) < 4.78 is 14.5. The van der Waals surface area contributed by atoms with Gasteiger partial charge in [0.05, 0.1) is 6.54 Å². The maximum atomic E-state index is 12.8. The third-order valence-corrected chi connectivity index (χ3v) is 2.56. The Hall–Kier alpha value is -1.68. The molecule has 16 heavy (non-hydrogen) atoms. The summed E-state index contributed by atoms with van der Waals surface area (Å²) in [6, 6.07) is 4.17. The summed E-state index contributed by atoms with van der Waals surface area (Å²) >= 11 is 5.88. The molecular formula is C11H8ClFN2O. The van der Waals surface area contributed by atoms with Crippen molar-refractivity contribution in [2.45, 2.75) is 6.54 Å². The normalized spacial score (nSPS) is 10.4. The highest BCUT2D eigenvalue weighted by Gasteiger charge is 2.06. The van der Waals surface area contributed by atoms with E-state index in [2.05, 4.69) is 4.98 Å². The quantitative estimate of drug-likeness (QED) is 0.771. The number of halogens is 2. The van der Waals surface area contributed by atoms with Crippen LogP contribution in [0.2, 0.25) is 5.02 Å². The van der Waals surface area contributed by atoms with Crippen molar-refractivity contribution in [1.29, 1.82) is 0 Å². The van der Waals surface area contributed by atoms with Crippen molar-refractivity contribution in [2.24, 2.45) is 0 Å². The first-order valence-corrected chi connectivity index (χ1v) is 4.99. The van der Waals surface area contributed by atoms with E-state index in [4.69, 9.17) is 11.6 Å². The number of hydrogen-bond donors (Lipinski definition) is 0. The van der Waals surface area contributed by atoms with Gasteiger partial charge in [-0.05, 0) is 17.7 Å². The Morgan fingerprint density at radius 1 is 1.50 bits per heavy atom. The summed E-state index contributed by atoms with van der Waals surface area (Å²) in [5.41, 5.74) is 0.740. The fraction of sp³-hybridized carbons (Fsp3) is 0.0909. The zero-order chi connectivity index (χ0) is 11.5. The fourth-order valence-electron chi connectivity index (χ4n) is 1.41. The third kappa shape index (κ3) is 2.12. The molecule has 0 N–H and O–H groups in total. The number of rotatable bonds is 3. The Morgan fingerprint density at radius 2 is 2.31 bits per heavy atom. The maximum absolute atomic E-state index is 12.8. The molecule has 1 heterocycles. The number of hydrogen-bond acceptors (Lipinski definition) is 2. The zero-order valence-electron chi connectivity index (χ0n) is 8.23. The van der Waals surface area contributed by atoms with Crippen molar-refractivity contribution in [2.75, 3.05) is 0 Å². The van der Waals surface area contributed by atoms with Crippen LogP contribution in [0.4, 0.5) is 4.39 Å². The molecule has 82 valence electrons. The van der Waals surface area contributed by atoms with E-state index in [1.54, 1.807) is 16.8 Å². The van der Waals surface area contributed by atoms with Crippen LogP contribution in [0.3, 0.4) is 0 Å². The van der Waals surface area contributed by atoms with Gasteiger partial charge in [0, 0.05) is 17.4 Å². The number of carbonyl (C=O) groups is 1. The van der Waals surface area contributed by atoms with Gasteiger partial charge < -0.3 is 4.57 Å². The van der Waals surface area contributed by atoms with E-state index in [-0.39, 0.29) is 5.82 Å². The van der Waals surface area contributed by atoms with Crippen LogP contribution >= 0.6 is 11.6 Å². The van der Waals surface area contributed by atoms with Gasteiger partial charge in [-0.2, -0.15) is 0 Å². The summed E-state index contributed by atoms with van der Waals surface area (Å²) in [5, 5.41) is 0.338. The molecule has 0 atom stereocenters. The molecule has 0 unspecified atom stereocenters. The lowest BCUT2D eigenvalue weighted by molar-refractivity contribution is 0.111. The summed E-state index contributed by atoms with van der Waals surface area (Å²) in [4.78, 5) is 14.5. The lowest BCUT2D eigenvalue weighted by Crippen LogP contribution is -2.03. The number of imidazole rings is 1. The zero-order valence-corrected chi connectivity index (χ0v) is 8.99. The van der Waals surface area contributed by atoms with Gasteiger partial charge in [-0.1, -0.05) is 17.7 Å². The Kier molecular flexibility index (Phi) is 3.01. The standard InChI is InChI=1S/C11H8ClFN2O/c12-10-5-9(13)2-1-8(10)6-15-4-3-14-11(15)7-16/h1-5,7H,6H2. The monoisotopic (exact) mass is 238 g/mol. The molecule has 2 rings (SSSR count). The van der Waals surface area contributed by atoms with Gasteiger partial charge in [-0.3, -0.25) is 4.79 Å². The van der Waals surface area contributed by atoms with E-state index in [1.165, 1.54) is 18.3 Å². The van der Waals surface area contributed by atoms with Crippen molar-refractivity contribution in [3.8, 4) is 0 Å². The van der Waals surface area contributed by atoms with Gasteiger partial charge >= 0.3 is 0 Å². The SMILES string of the molecule is O=Cc1nccn1Cc1ccc(F)cc1Cl. The van der Waals surface area contributed by atoms with Gasteiger partial charge in [0.25, 0.3) is 0 Å². The van der Waals surface area contributed by atoms with Crippen LogP contribution in [0.1, 0.15) is 16.2 Å². The van der Waals surface area contributed by atoms with Crippen LogP contribution in [-0.2, 0) is 6.54 Å². The summed E-state index contributed by atoms with van der Waals surface area (Å²) in [7, 11) is 0. The Labute approximate surface area is 96.5 Å². The molecule has 0 radical (unpaired) electrons. The number of aromatic nitrogens is 2. The molecule has 0 saturated heterocycles. The molecule has 0 aliphatic heterocycles. The van der Waals surface area contributed by atoms with E-state index in [9.17, 15) is 9.18 Å². The van der Waals surface area contributed by atoms with E-state index in [0.717, 1.165) is 5.56 Å². The second-order valence-electron chi connectivity index (χ2n) is 3.27. The minimum absolute atomic E-state index is 0.320. The van der Waals surface area contributed by atoms with Crippen LogP contribution in [0.5, 0.6) is 0 Å². The van der Waals surface area contributed by atoms with Crippen LogP contribution < -0.4 is 0 Å². The van der Waals surface area contributed by atoms with Crippen molar-refractivity contribution in [3.63, 3.8) is 0 Å². The van der Waals surface area contributed by atoms with E-state index in [0.29, 0.717) is 23.7 Å². The lowest BCUT2D eigenvalue weighted by Gasteiger charge is -2.06. The first-order valence-electron chi connectivity index (χ1n) is 4.61. The predicted octanol–water partition coefficient (Wildman–Crippen LogP) is 2.54. The minimum Gasteiger partial charge on any atom is -0.324 e. The second kappa shape index (κ2) is 4.45. The number of nitrogens with zero attached hydrogens (tertiary/aromatic N) is 2. The van der Waals surface area contributed by atoms with Crippen LogP contribution in [0.15, 0.2) is 30.6 Å². The second-order valence-corrected chi connectivity index (χ2v) is 3.67. The fourth-order valence-corrected chi connectivity index (χ4v) is 1.63. The summed E-state index contributed by atoms with van der Waals surface area (Å²) in [5.74, 6) is -0.0598. The number of benzene rings is 1. The molecule has 0 spiro atoms. The van der Waals surface area contributed by atoms with Gasteiger partial charge in [0.15, 0.2) is 12.1 Å². The molecule has 0 bridgehead atoms. The predicted molar refractivity (Wildman–Crippen MR) is 58.1 cm³/mol. The van der Waals surface area contributed by atoms with Crippen LogP contribution in [-0.4, -0.2) is 15.8 Å². The molecule has 2 aromatic rings. The minimum atomic E-state index is -0.380. The molecule has 0 aliphatic carbocycles. The Bertz CT molecular complexity index is 524. The lowest BCUT2D eigenvalue weighted by atomic mass is 10.2. The molecule has 0 fully saturated rings. The molecule has 0 aliphatic rings. The smallest absolute Gasteiger partial charge is 0.185 e. The molecule has 5 heteroatoms. The summed E-state index contributed by atoms with van der Waals surface area (Å²) in [6.07, 6.45) is 3.86. The van der Waals surface area contributed by atoms with Crippen molar-refractivity contribution < 1.29 is 9.18 Å². The highest BCUT2D eigenvalue weighted by Crippen LogP contribution is 2.18. The van der Waals surface area contributed by atoms with Gasteiger partial charge in [0.2, 0.25) is 0 Å². The molecule has 0 saturated carbocycles. The maximum Gasteiger partial charge on any atom is 0.185 e. The van der Waals surface area contributed by atoms with E-state index in [1.807, 2.05) is 0 Å². The average Bonchev–Trinajstić information content (AvgIpc) is 2.69. The molecular weight excluding hydrogens is 231 g/mol.